The van der Waals surface area contributed by atoms with Crippen LogP contribution < -0.4 is 0 Å². The van der Waals surface area contributed by atoms with Crippen LogP contribution in [-0.4, -0.2) is 56.9 Å². The van der Waals surface area contributed by atoms with Crippen molar-refractivity contribution in [2.45, 2.75) is 17.3 Å². The second-order valence-electron chi connectivity index (χ2n) is 8.06. The first-order valence-electron chi connectivity index (χ1n) is 11.2. The van der Waals surface area contributed by atoms with Gasteiger partial charge in [0.05, 0.1) is 13.2 Å². The maximum atomic E-state index is 13.7. The standard InChI is InChI=1S/C26H25N5O2S/c1-19-7-9-22(10-8-19)31-24(21-11-13-27-14-12-21)28-29-26(31)34-23(20-5-3-2-4-6-20)25(32)30-15-17-33-18-16-30/h2-14,23H,15-18H2,1H3. The van der Waals surface area contributed by atoms with Crippen molar-refractivity contribution in [3.05, 3.63) is 90.3 Å². The highest BCUT2D eigenvalue weighted by atomic mass is 32.2. The Balaban J connectivity index is 1.57. The zero-order chi connectivity index (χ0) is 23.3. The van der Waals surface area contributed by atoms with Crippen LogP contribution in [0.15, 0.2) is 84.3 Å². The maximum absolute atomic E-state index is 13.7. The SMILES string of the molecule is Cc1ccc(-n2c(SC(C(=O)N3CCOCC3)c3ccccc3)nnc2-c2ccncc2)cc1. The number of ether oxygens (including phenoxy) is 1. The lowest BCUT2D eigenvalue weighted by atomic mass is 10.1. The number of nitrogens with zero attached hydrogens (tertiary/aromatic N) is 5. The molecule has 8 heteroatoms. The third-order valence-electron chi connectivity index (χ3n) is 5.74. The van der Waals surface area contributed by atoms with Crippen LogP contribution in [-0.2, 0) is 9.53 Å². The second-order valence-corrected chi connectivity index (χ2v) is 9.13. The highest BCUT2D eigenvalue weighted by Crippen LogP contribution is 2.38. The lowest BCUT2D eigenvalue weighted by Crippen LogP contribution is -2.42. The molecule has 0 spiro atoms. The van der Waals surface area contributed by atoms with Crippen molar-refractivity contribution in [2.75, 3.05) is 26.3 Å². The first-order chi connectivity index (χ1) is 16.7. The van der Waals surface area contributed by atoms with Crippen molar-refractivity contribution in [3.63, 3.8) is 0 Å². The van der Waals surface area contributed by atoms with Crippen LogP contribution >= 0.6 is 11.8 Å². The molecule has 0 aliphatic carbocycles. The number of carbonyl (C=O) groups is 1. The van der Waals surface area contributed by atoms with Gasteiger partial charge >= 0.3 is 0 Å². The maximum Gasteiger partial charge on any atom is 0.240 e. The molecule has 5 rings (SSSR count). The van der Waals surface area contributed by atoms with Crippen LogP contribution in [0.25, 0.3) is 17.1 Å². The van der Waals surface area contributed by atoms with Gasteiger partial charge in [-0.3, -0.25) is 14.3 Å². The number of rotatable bonds is 6. The lowest BCUT2D eigenvalue weighted by Gasteiger charge is -2.30. The van der Waals surface area contributed by atoms with Crippen molar-refractivity contribution in [2.24, 2.45) is 0 Å². The van der Waals surface area contributed by atoms with Gasteiger partial charge in [0, 0.05) is 36.7 Å². The minimum absolute atomic E-state index is 0.0587. The molecule has 172 valence electrons. The van der Waals surface area contributed by atoms with Crippen molar-refractivity contribution in [1.82, 2.24) is 24.6 Å². The van der Waals surface area contributed by atoms with Crippen LogP contribution in [0.1, 0.15) is 16.4 Å². The summed E-state index contributed by atoms with van der Waals surface area (Å²) in [6, 6.07) is 21.9. The molecule has 7 nitrogen and oxygen atoms in total. The van der Waals surface area contributed by atoms with Gasteiger partial charge in [-0.2, -0.15) is 0 Å². The first kappa shape index (κ1) is 22.3. The number of carbonyl (C=O) groups excluding carboxylic acids is 1. The van der Waals surface area contributed by atoms with E-state index in [4.69, 9.17) is 4.74 Å². The highest BCUT2D eigenvalue weighted by molar-refractivity contribution is 8.00. The van der Waals surface area contributed by atoms with E-state index >= 15 is 0 Å². The molecular formula is C26H25N5O2S. The van der Waals surface area contributed by atoms with Crippen LogP contribution in [0, 0.1) is 6.92 Å². The number of pyridine rings is 1. The summed E-state index contributed by atoms with van der Waals surface area (Å²) >= 11 is 1.43. The van der Waals surface area contributed by atoms with Crippen molar-refractivity contribution < 1.29 is 9.53 Å². The number of aryl methyl sites for hydroxylation is 1. The van der Waals surface area contributed by atoms with E-state index in [0.717, 1.165) is 16.8 Å². The number of hydrogen-bond acceptors (Lipinski definition) is 6. The normalized spacial score (nSPS) is 14.7. The molecule has 4 aromatic rings. The predicted octanol–water partition coefficient (Wildman–Crippen LogP) is 4.33. The largest absolute Gasteiger partial charge is 0.378 e. The van der Waals surface area contributed by atoms with Crippen molar-refractivity contribution in [3.8, 4) is 17.1 Å². The smallest absolute Gasteiger partial charge is 0.240 e. The summed E-state index contributed by atoms with van der Waals surface area (Å²) in [5.41, 5.74) is 3.95. The van der Waals surface area contributed by atoms with E-state index in [1.54, 1.807) is 12.4 Å². The summed E-state index contributed by atoms with van der Waals surface area (Å²) in [6.45, 7) is 4.36. The molecule has 1 aliphatic rings. The number of morpholine rings is 1. The molecule has 2 aromatic heterocycles. The van der Waals surface area contributed by atoms with Crippen LogP contribution in [0.3, 0.4) is 0 Å². The van der Waals surface area contributed by atoms with E-state index in [1.165, 1.54) is 17.3 Å². The molecule has 0 bridgehead atoms. The van der Waals surface area contributed by atoms with Gasteiger partial charge in [-0.1, -0.05) is 59.8 Å². The fraction of sp³-hybridized carbons (Fsp3) is 0.231. The zero-order valence-electron chi connectivity index (χ0n) is 18.9. The predicted molar refractivity (Wildman–Crippen MR) is 132 cm³/mol. The molecule has 1 atom stereocenters. The van der Waals surface area contributed by atoms with Gasteiger partial charge < -0.3 is 9.64 Å². The molecule has 1 amide bonds. The van der Waals surface area contributed by atoms with E-state index in [2.05, 4.69) is 46.4 Å². The van der Waals surface area contributed by atoms with Gasteiger partial charge in [0.15, 0.2) is 11.0 Å². The van der Waals surface area contributed by atoms with Gasteiger partial charge in [0.25, 0.3) is 0 Å². The van der Waals surface area contributed by atoms with Crippen molar-refractivity contribution >= 4 is 17.7 Å². The number of amides is 1. The van der Waals surface area contributed by atoms with Crippen LogP contribution in [0.4, 0.5) is 0 Å². The van der Waals surface area contributed by atoms with Crippen LogP contribution in [0.2, 0.25) is 0 Å². The third-order valence-corrected chi connectivity index (χ3v) is 6.92. The van der Waals surface area contributed by atoms with E-state index in [1.807, 2.05) is 51.9 Å². The molecular weight excluding hydrogens is 446 g/mol. The molecule has 1 aliphatic heterocycles. The lowest BCUT2D eigenvalue weighted by molar-refractivity contribution is -0.134. The Kier molecular flexibility index (Phi) is 6.69. The van der Waals surface area contributed by atoms with Gasteiger partial charge in [-0.05, 0) is 36.8 Å². The van der Waals surface area contributed by atoms with E-state index in [9.17, 15) is 4.79 Å². The Morgan fingerprint density at radius 2 is 1.65 bits per heavy atom. The minimum Gasteiger partial charge on any atom is -0.378 e. The van der Waals surface area contributed by atoms with Gasteiger partial charge in [-0.25, -0.2) is 0 Å². The quantitative estimate of drug-likeness (QED) is 0.390. The Labute approximate surface area is 202 Å². The molecule has 0 radical (unpaired) electrons. The fourth-order valence-corrected chi connectivity index (χ4v) is 5.04. The summed E-state index contributed by atoms with van der Waals surface area (Å²) in [5.74, 6) is 0.766. The Morgan fingerprint density at radius 3 is 2.35 bits per heavy atom. The number of hydrogen-bond donors (Lipinski definition) is 0. The Bertz CT molecular complexity index is 1240. The molecule has 0 saturated carbocycles. The van der Waals surface area contributed by atoms with Crippen molar-refractivity contribution in [1.29, 1.82) is 0 Å². The summed E-state index contributed by atoms with van der Waals surface area (Å²) in [4.78, 5) is 19.7. The molecule has 0 N–H and O–H groups in total. The summed E-state index contributed by atoms with van der Waals surface area (Å²) in [5, 5.41) is 9.28. The summed E-state index contributed by atoms with van der Waals surface area (Å²) < 4.78 is 7.48. The topological polar surface area (TPSA) is 73.1 Å². The van der Waals surface area contributed by atoms with Gasteiger partial charge in [-0.15, -0.1) is 10.2 Å². The molecule has 3 heterocycles. The Hall–Kier alpha value is -3.49. The molecule has 34 heavy (non-hydrogen) atoms. The third kappa shape index (κ3) is 4.73. The number of thioether (sulfide) groups is 1. The summed E-state index contributed by atoms with van der Waals surface area (Å²) in [7, 11) is 0. The molecule has 1 fully saturated rings. The first-order valence-corrected chi connectivity index (χ1v) is 12.1. The molecule has 1 saturated heterocycles. The van der Waals surface area contributed by atoms with Gasteiger partial charge in [0.1, 0.15) is 5.25 Å². The van der Waals surface area contributed by atoms with E-state index in [0.29, 0.717) is 37.3 Å². The Morgan fingerprint density at radius 1 is 0.941 bits per heavy atom. The van der Waals surface area contributed by atoms with Gasteiger partial charge in [0.2, 0.25) is 5.91 Å². The highest BCUT2D eigenvalue weighted by Gasteiger charge is 2.30. The zero-order valence-corrected chi connectivity index (χ0v) is 19.7. The number of benzene rings is 2. The van der Waals surface area contributed by atoms with E-state index in [-0.39, 0.29) is 5.91 Å². The van der Waals surface area contributed by atoms with E-state index < -0.39 is 5.25 Å². The van der Waals surface area contributed by atoms with Crippen LogP contribution in [0.5, 0.6) is 0 Å². The average molecular weight is 472 g/mol. The summed E-state index contributed by atoms with van der Waals surface area (Å²) in [6.07, 6.45) is 3.48. The second kappa shape index (κ2) is 10.2. The molecule has 2 aromatic carbocycles. The monoisotopic (exact) mass is 471 g/mol. The fourth-order valence-electron chi connectivity index (χ4n) is 3.90. The molecule has 1 unspecified atom stereocenters. The average Bonchev–Trinajstić information content (AvgIpc) is 3.32. The number of aromatic nitrogens is 4. The minimum atomic E-state index is -0.446.